The van der Waals surface area contributed by atoms with Gasteiger partial charge in [-0.3, -0.25) is 4.98 Å². The summed E-state index contributed by atoms with van der Waals surface area (Å²) in [5.74, 6) is 0. The molecule has 2 rings (SSSR count). The van der Waals surface area contributed by atoms with E-state index in [0.717, 1.165) is 16.7 Å². The molecule has 2 heteroatoms. The van der Waals surface area contributed by atoms with Crippen molar-refractivity contribution in [1.29, 1.82) is 0 Å². The Morgan fingerprint density at radius 3 is 2.06 bits per heavy atom. The fraction of sp³-hybridized carbons (Fsp3) is 0.500. The van der Waals surface area contributed by atoms with Crippen LogP contribution in [0.2, 0.25) is 0 Å². The van der Waals surface area contributed by atoms with Crippen LogP contribution >= 0.6 is 0 Å². The third kappa shape index (κ3) is 2.53. The first-order valence-corrected chi connectivity index (χ1v) is 6.46. The minimum absolute atomic E-state index is 0.0455. The van der Waals surface area contributed by atoms with Crippen LogP contribution in [0.3, 0.4) is 0 Å². The second-order valence-corrected chi connectivity index (χ2v) is 6.96. The first-order chi connectivity index (χ1) is 8.18. The maximum Gasteiger partial charge on any atom is 0.0890 e. The summed E-state index contributed by atoms with van der Waals surface area (Å²) in [6.45, 7) is 13.1. The number of rotatable bonds is 0. The van der Waals surface area contributed by atoms with E-state index in [-0.39, 0.29) is 10.8 Å². The third-order valence-corrected chi connectivity index (χ3v) is 3.18. The average Bonchev–Trinajstić information content (AvgIpc) is 2.25. The van der Waals surface area contributed by atoms with Crippen molar-refractivity contribution in [3.05, 3.63) is 35.7 Å². The van der Waals surface area contributed by atoms with Crippen LogP contribution in [0.1, 0.15) is 52.8 Å². The van der Waals surface area contributed by atoms with Crippen LogP contribution in [0, 0.1) is 0 Å². The van der Waals surface area contributed by atoms with Crippen LogP contribution in [-0.2, 0) is 10.8 Å². The Kier molecular flexibility index (Phi) is 2.92. The van der Waals surface area contributed by atoms with Gasteiger partial charge in [0.1, 0.15) is 0 Å². The molecule has 0 saturated carbocycles. The van der Waals surface area contributed by atoms with E-state index in [4.69, 9.17) is 4.98 Å². The van der Waals surface area contributed by atoms with Crippen molar-refractivity contribution >= 4 is 11.0 Å². The Bertz CT molecular complexity index is 518. The van der Waals surface area contributed by atoms with Crippen LogP contribution in [0.15, 0.2) is 24.4 Å². The van der Waals surface area contributed by atoms with Gasteiger partial charge in [-0.2, -0.15) is 0 Å². The molecule has 18 heavy (non-hydrogen) atoms. The average molecular weight is 242 g/mol. The zero-order valence-corrected chi connectivity index (χ0v) is 12.2. The third-order valence-electron chi connectivity index (χ3n) is 3.18. The minimum atomic E-state index is 0.0455. The quantitative estimate of drug-likeness (QED) is 0.691. The van der Waals surface area contributed by atoms with Gasteiger partial charge < -0.3 is 0 Å². The van der Waals surface area contributed by atoms with Gasteiger partial charge in [-0.1, -0.05) is 47.6 Å². The molecule has 1 aromatic carbocycles. The van der Waals surface area contributed by atoms with Gasteiger partial charge in [-0.05, 0) is 23.1 Å². The van der Waals surface area contributed by atoms with E-state index < -0.39 is 0 Å². The predicted molar refractivity (Wildman–Crippen MR) is 76.9 cm³/mol. The van der Waals surface area contributed by atoms with Crippen LogP contribution in [0.25, 0.3) is 11.0 Å². The second kappa shape index (κ2) is 4.04. The van der Waals surface area contributed by atoms with Crippen molar-refractivity contribution < 1.29 is 0 Å². The van der Waals surface area contributed by atoms with E-state index in [2.05, 4.69) is 64.7 Å². The zero-order chi connectivity index (χ0) is 13.6. The summed E-state index contributed by atoms with van der Waals surface area (Å²) in [5.41, 5.74) is 4.50. The highest BCUT2D eigenvalue weighted by molar-refractivity contribution is 5.75. The lowest BCUT2D eigenvalue weighted by atomic mass is 9.87. The molecule has 0 aliphatic heterocycles. The Balaban J connectivity index is 2.56. The summed E-state index contributed by atoms with van der Waals surface area (Å²) in [6.07, 6.45) is 1.90. The van der Waals surface area contributed by atoms with Crippen molar-refractivity contribution in [3.63, 3.8) is 0 Å². The summed E-state index contributed by atoms with van der Waals surface area (Å²) in [5, 5.41) is 0. The second-order valence-electron chi connectivity index (χ2n) is 6.96. The van der Waals surface area contributed by atoms with Gasteiger partial charge in [0.05, 0.1) is 16.7 Å². The molecular formula is C16H22N2. The van der Waals surface area contributed by atoms with Crippen molar-refractivity contribution in [3.8, 4) is 0 Å². The van der Waals surface area contributed by atoms with Gasteiger partial charge in [0.2, 0.25) is 0 Å². The Morgan fingerprint density at radius 2 is 1.50 bits per heavy atom. The molecule has 0 aliphatic carbocycles. The van der Waals surface area contributed by atoms with Crippen molar-refractivity contribution in [1.82, 2.24) is 9.97 Å². The Hall–Kier alpha value is -1.44. The van der Waals surface area contributed by atoms with Crippen LogP contribution in [0.5, 0.6) is 0 Å². The highest BCUT2D eigenvalue weighted by Gasteiger charge is 2.18. The molecule has 0 radical (unpaired) electrons. The smallest absolute Gasteiger partial charge is 0.0890 e. The number of fused-ring (bicyclic) bond motifs is 1. The molecule has 1 heterocycles. The molecule has 1 aromatic heterocycles. The molecular weight excluding hydrogens is 220 g/mol. The van der Waals surface area contributed by atoms with Gasteiger partial charge in [0, 0.05) is 11.6 Å². The normalized spacial score (nSPS) is 13.0. The van der Waals surface area contributed by atoms with E-state index in [9.17, 15) is 0 Å². The maximum absolute atomic E-state index is 4.71. The monoisotopic (exact) mass is 242 g/mol. The van der Waals surface area contributed by atoms with Gasteiger partial charge in [0.25, 0.3) is 0 Å². The number of benzene rings is 1. The molecule has 0 atom stereocenters. The van der Waals surface area contributed by atoms with Crippen molar-refractivity contribution in [2.45, 2.75) is 52.4 Å². The van der Waals surface area contributed by atoms with Crippen LogP contribution in [-0.4, -0.2) is 9.97 Å². The zero-order valence-electron chi connectivity index (χ0n) is 12.2. The molecule has 0 bridgehead atoms. The number of hydrogen-bond donors (Lipinski definition) is 0. The van der Waals surface area contributed by atoms with Crippen LogP contribution in [0.4, 0.5) is 0 Å². The largest absolute Gasteiger partial charge is 0.253 e. The van der Waals surface area contributed by atoms with Crippen LogP contribution < -0.4 is 0 Å². The van der Waals surface area contributed by atoms with Crippen molar-refractivity contribution in [2.75, 3.05) is 0 Å². The summed E-state index contributed by atoms with van der Waals surface area (Å²) >= 11 is 0. The lowest BCUT2D eigenvalue weighted by molar-refractivity contribution is 0.568. The summed E-state index contributed by atoms with van der Waals surface area (Å²) in [7, 11) is 0. The number of nitrogens with zero attached hydrogens (tertiary/aromatic N) is 2. The Morgan fingerprint density at radius 1 is 0.833 bits per heavy atom. The topological polar surface area (TPSA) is 25.8 Å². The van der Waals surface area contributed by atoms with Crippen molar-refractivity contribution in [2.24, 2.45) is 0 Å². The molecule has 0 fully saturated rings. The molecule has 0 N–H and O–H groups in total. The van der Waals surface area contributed by atoms with E-state index in [1.165, 1.54) is 5.56 Å². The maximum atomic E-state index is 4.71. The summed E-state index contributed by atoms with van der Waals surface area (Å²) in [6, 6.07) is 6.39. The van der Waals surface area contributed by atoms with Gasteiger partial charge in [0.15, 0.2) is 0 Å². The Labute approximate surface area is 109 Å². The minimum Gasteiger partial charge on any atom is -0.253 e. The lowest BCUT2D eigenvalue weighted by Crippen LogP contribution is -2.14. The van der Waals surface area contributed by atoms with Gasteiger partial charge in [-0.15, -0.1) is 0 Å². The summed E-state index contributed by atoms with van der Waals surface area (Å²) < 4.78 is 0. The number of aromatic nitrogens is 2. The molecule has 2 nitrogen and oxygen atoms in total. The summed E-state index contributed by atoms with van der Waals surface area (Å²) in [4.78, 5) is 9.27. The fourth-order valence-corrected chi connectivity index (χ4v) is 1.84. The molecule has 96 valence electrons. The molecule has 0 unspecified atom stereocenters. The first-order valence-electron chi connectivity index (χ1n) is 6.46. The SMILES string of the molecule is CC(C)(C)c1ccc2nc(C(C)(C)C)cnc2c1. The standard InChI is InChI=1S/C16H22N2/c1-15(2,3)11-7-8-12-13(9-11)17-10-14(18-12)16(4,5)6/h7-10H,1-6H3. The molecule has 0 amide bonds. The lowest BCUT2D eigenvalue weighted by Gasteiger charge is -2.20. The highest BCUT2D eigenvalue weighted by Crippen LogP contribution is 2.26. The van der Waals surface area contributed by atoms with E-state index >= 15 is 0 Å². The molecule has 0 spiro atoms. The van der Waals surface area contributed by atoms with Gasteiger partial charge >= 0.3 is 0 Å². The van der Waals surface area contributed by atoms with Gasteiger partial charge in [-0.25, -0.2) is 4.98 Å². The van der Waals surface area contributed by atoms with E-state index in [0.29, 0.717) is 0 Å². The molecule has 0 saturated heterocycles. The van der Waals surface area contributed by atoms with E-state index in [1.807, 2.05) is 6.20 Å². The number of hydrogen-bond acceptors (Lipinski definition) is 2. The predicted octanol–water partition coefficient (Wildman–Crippen LogP) is 4.22. The van der Waals surface area contributed by atoms with E-state index in [1.54, 1.807) is 0 Å². The fourth-order valence-electron chi connectivity index (χ4n) is 1.84. The first kappa shape index (κ1) is 13.0. The molecule has 0 aliphatic rings. The highest BCUT2D eigenvalue weighted by atomic mass is 14.8. The molecule has 2 aromatic rings.